The molecule has 0 bridgehead atoms. The predicted octanol–water partition coefficient (Wildman–Crippen LogP) is 6.17. The Morgan fingerprint density at radius 1 is 1.15 bits per heavy atom. The zero-order valence-corrected chi connectivity index (χ0v) is 22.5. The Balaban J connectivity index is 2.07. The van der Waals surface area contributed by atoms with Crippen LogP contribution in [0.3, 0.4) is 0 Å². The van der Waals surface area contributed by atoms with Crippen molar-refractivity contribution in [2.75, 3.05) is 14.2 Å². The molecule has 1 aromatic rings. The monoisotopic (exact) mass is 472 g/mol. The molecule has 1 aliphatic carbocycles. The summed E-state index contributed by atoms with van der Waals surface area (Å²) in [6, 6.07) is 3.92. The molecule has 190 valence electrons. The molecule has 0 saturated heterocycles. The van der Waals surface area contributed by atoms with Gasteiger partial charge in [-0.2, -0.15) is 0 Å². The van der Waals surface area contributed by atoms with Crippen molar-refractivity contribution >= 4 is 11.6 Å². The fourth-order valence-electron chi connectivity index (χ4n) is 5.40. The number of aliphatic hydroxyl groups is 1. The highest BCUT2D eigenvalue weighted by Crippen LogP contribution is 2.56. The molecule has 0 amide bonds. The van der Waals surface area contributed by atoms with E-state index in [1.165, 1.54) is 0 Å². The Bertz CT molecular complexity index is 923. The number of hydrogen-bond donors (Lipinski definition) is 1. The van der Waals surface area contributed by atoms with E-state index in [1.54, 1.807) is 28.1 Å². The van der Waals surface area contributed by atoms with E-state index in [0.29, 0.717) is 32.1 Å². The van der Waals surface area contributed by atoms with Gasteiger partial charge in [-0.3, -0.25) is 9.59 Å². The first-order valence-corrected chi connectivity index (χ1v) is 12.4. The van der Waals surface area contributed by atoms with Crippen molar-refractivity contribution in [2.24, 2.45) is 10.8 Å². The molecule has 1 fully saturated rings. The molecule has 0 aliphatic heterocycles. The van der Waals surface area contributed by atoms with E-state index < -0.39 is 11.0 Å². The number of allylic oxidation sites excluding steroid dienone is 2. The van der Waals surface area contributed by atoms with Gasteiger partial charge in [-0.1, -0.05) is 31.9 Å². The van der Waals surface area contributed by atoms with Crippen molar-refractivity contribution in [3.63, 3.8) is 0 Å². The Labute approximate surface area is 205 Å². The summed E-state index contributed by atoms with van der Waals surface area (Å²) in [5.41, 5.74) is 1.35. The van der Waals surface area contributed by atoms with Gasteiger partial charge in [0.15, 0.2) is 0 Å². The first kappa shape index (κ1) is 28.1. The van der Waals surface area contributed by atoms with Crippen LogP contribution in [-0.2, 0) is 16.0 Å². The Morgan fingerprint density at radius 3 is 2.41 bits per heavy atom. The van der Waals surface area contributed by atoms with E-state index in [0.717, 1.165) is 47.5 Å². The van der Waals surface area contributed by atoms with Crippen LogP contribution in [0.4, 0.5) is 0 Å². The number of carbonyl (C=O) groups excluding carboxylic acids is 2. The highest BCUT2D eigenvalue weighted by atomic mass is 16.5. The highest BCUT2D eigenvalue weighted by Gasteiger charge is 2.53. The maximum Gasteiger partial charge on any atom is 0.139 e. The minimum atomic E-state index is -0.858. The lowest BCUT2D eigenvalue weighted by Crippen LogP contribution is -2.41. The molecule has 1 aliphatic rings. The van der Waals surface area contributed by atoms with E-state index >= 15 is 0 Å². The molecule has 1 saturated carbocycles. The summed E-state index contributed by atoms with van der Waals surface area (Å²) in [7, 11) is 3.32. The number of Topliss-reactive ketones (excluding diaryl/α,β-unsaturated/α-hetero) is 2. The minimum Gasteiger partial charge on any atom is -0.497 e. The summed E-state index contributed by atoms with van der Waals surface area (Å²) < 4.78 is 11.0. The molecule has 2 atom stereocenters. The number of benzene rings is 1. The molecule has 0 radical (unpaired) electrons. The van der Waals surface area contributed by atoms with Gasteiger partial charge in [0.1, 0.15) is 23.1 Å². The molecule has 5 heteroatoms. The molecular formula is C29H44O5. The van der Waals surface area contributed by atoms with Gasteiger partial charge in [-0.25, -0.2) is 0 Å². The van der Waals surface area contributed by atoms with Crippen molar-refractivity contribution in [1.29, 1.82) is 0 Å². The number of ketones is 2. The van der Waals surface area contributed by atoms with Crippen molar-refractivity contribution in [3.8, 4) is 11.5 Å². The Kier molecular flexibility index (Phi) is 9.15. The van der Waals surface area contributed by atoms with Crippen LogP contribution in [-0.4, -0.2) is 36.5 Å². The molecule has 2 rings (SSSR count). The molecule has 34 heavy (non-hydrogen) atoms. The topological polar surface area (TPSA) is 72.8 Å². The van der Waals surface area contributed by atoms with Crippen LogP contribution in [0, 0.1) is 17.8 Å². The van der Waals surface area contributed by atoms with Crippen LogP contribution in [0.2, 0.25) is 0 Å². The second-order valence-corrected chi connectivity index (χ2v) is 11.3. The third-order valence-corrected chi connectivity index (χ3v) is 7.82. The van der Waals surface area contributed by atoms with Gasteiger partial charge in [0, 0.05) is 30.2 Å². The lowest BCUT2D eigenvalue weighted by Gasteiger charge is -2.40. The summed E-state index contributed by atoms with van der Waals surface area (Å²) in [5, 5.41) is 10.1. The normalized spacial score (nSPS) is 23.1. The van der Waals surface area contributed by atoms with Gasteiger partial charge in [0.05, 0.1) is 19.8 Å². The fraction of sp³-hybridized carbons (Fsp3) is 0.655. The summed E-state index contributed by atoms with van der Waals surface area (Å²) in [6.45, 7) is 11.6. The lowest BCUT2D eigenvalue weighted by molar-refractivity contribution is -0.136. The zero-order valence-electron chi connectivity index (χ0n) is 22.5. The van der Waals surface area contributed by atoms with Gasteiger partial charge in [0.2, 0.25) is 0 Å². The number of methoxy groups -OCH3 is 2. The van der Waals surface area contributed by atoms with E-state index in [-0.39, 0.29) is 17.0 Å². The standard InChI is InChI=1S/C29H44O5/c1-20(10-11-22-18-24(33-7)17-21(2)26(22)34-8)16-23(30)19-28(5)13-9-14-29(28,6)25(31)12-15-27(3,4)32/h10,17-18,32H,9,11-16,19H2,1-8H3/b20-10+. The molecule has 0 aromatic heterocycles. The van der Waals surface area contributed by atoms with Crippen molar-refractivity contribution in [2.45, 2.75) is 98.5 Å². The zero-order chi connectivity index (χ0) is 25.7. The molecule has 2 unspecified atom stereocenters. The van der Waals surface area contributed by atoms with Crippen LogP contribution in [0.25, 0.3) is 0 Å². The average molecular weight is 473 g/mol. The van der Waals surface area contributed by atoms with Crippen molar-refractivity contribution < 1.29 is 24.2 Å². The quantitative estimate of drug-likeness (QED) is 0.368. The summed E-state index contributed by atoms with van der Waals surface area (Å²) in [5.74, 6) is 1.98. The van der Waals surface area contributed by atoms with Gasteiger partial charge < -0.3 is 14.6 Å². The summed E-state index contributed by atoms with van der Waals surface area (Å²) in [6.07, 6.45) is 6.98. The third-order valence-electron chi connectivity index (χ3n) is 7.82. The van der Waals surface area contributed by atoms with E-state index in [4.69, 9.17) is 9.47 Å². The number of carbonyl (C=O) groups is 2. The maximum absolute atomic E-state index is 13.2. The van der Waals surface area contributed by atoms with Crippen LogP contribution in [0.15, 0.2) is 23.8 Å². The third kappa shape index (κ3) is 6.71. The van der Waals surface area contributed by atoms with Gasteiger partial charge in [-0.05, 0) is 76.5 Å². The number of ether oxygens (including phenoxy) is 2. The average Bonchev–Trinajstić information content (AvgIpc) is 3.04. The Morgan fingerprint density at radius 2 is 1.82 bits per heavy atom. The molecule has 5 nitrogen and oxygen atoms in total. The lowest BCUT2D eigenvalue weighted by atomic mass is 9.62. The fourth-order valence-corrected chi connectivity index (χ4v) is 5.40. The number of hydrogen-bond acceptors (Lipinski definition) is 5. The van der Waals surface area contributed by atoms with Crippen LogP contribution in [0.1, 0.15) is 90.7 Å². The molecular weight excluding hydrogens is 428 g/mol. The maximum atomic E-state index is 13.2. The minimum absolute atomic E-state index is 0.174. The SMILES string of the molecule is COc1cc(C)c(OC)c(C/C=C(\C)CC(=O)CC2(C)CCCC2(C)C(=O)CCC(C)(C)O)c1. The van der Waals surface area contributed by atoms with Crippen molar-refractivity contribution in [3.05, 3.63) is 34.9 Å². The molecule has 1 N–H and O–H groups in total. The van der Waals surface area contributed by atoms with E-state index in [9.17, 15) is 14.7 Å². The smallest absolute Gasteiger partial charge is 0.139 e. The van der Waals surface area contributed by atoms with E-state index in [2.05, 4.69) is 13.0 Å². The first-order chi connectivity index (χ1) is 15.7. The van der Waals surface area contributed by atoms with E-state index in [1.807, 2.05) is 32.9 Å². The molecule has 0 heterocycles. The summed E-state index contributed by atoms with van der Waals surface area (Å²) >= 11 is 0. The van der Waals surface area contributed by atoms with Gasteiger partial charge in [0.25, 0.3) is 0 Å². The van der Waals surface area contributed by atoms with Crippen LogP contribution < -0.4 is 9.47 Å². The largest absolute Gasteiger partial charge is 0.497 e. The molecule has 1 aromatic carbocycles. The van der Waals surface area contributed by atoms with Gasteiger partial charge >= 0.3 is 0 Å². The van der Waals surface area contributed by atoms with Gasteiger partial charge in [-0.15, -0.1) is 0 Å². The second-order valence-electron chi connectivity index (χ2n) is 11.3. The predicted molar refractivity (Wildman–Crippen MR) is 137 cm³/mol. The molecule has 0 spiro atoms. The summed E-state index contributed by atoms with van der Waals surface area (Å²) in [4.78, 5) is 26.3. The van der Waals surface area contributed by atoms with Crippen LogP contribution >= 0.6 is 0 Å². The number of aryl methyl sites for hydroxylation is 1. The Hall–Kier alpha value is -2.14. The number of rotatable bonds is 12. The highest BCUT2D eigenvalue weighted by molar-refractivity contribution is 5.88. The second kappa shape index (κ2) is 11.1. The van der Waals surface area contributed by atoms with Crippen LogP contribution in [0.5, 0.6) is 11.5 Å². The first-order valence-electron chi connectivity index (χ1n) is 12.4. The van der Waals surface area contributed by atoms with Crippen molar-refractivity contribution in [1.82, 2.24) is 0 Å².